The molecule has 0 saturated carbocycles. The van der Waals surface area contributed by atoms with Crippen LogP contribution in [0.4, 0.5) is 5.69 Å². The number of anilines is 1. The van der Waals surface area contributed by atoms with Crippen LogP contribution in [0.25, 0.3) is 0 Å². The van der Waals surface area contributed by atoms with Gasteiger partial charge in [0.25, 0.3) is 0 Å². The molecule has 1 nitrogen and oxygen atoms in total. The fourth-order valence-electron chi connectivity index (χ4n) is 6.03. The summed E-state index contributed by atoms with van der Waals surface area (Å²) in [5.41, 5.74) is 4.04. The summed E-state index contributed by atoms with van der Waals surface area (Å²) in [4.78, 5) is 0. The maximum absolute atomic E-state index is 3.47. The topological polar surface area (TPSA) is 12.0 Å². The van der Waals surface area contributed by atoms with E-state index in [0.717, 1.165) is 42.0 Å². The molecule has 2 aromatic rings. The van der Waals surface area contributed by atoms with Crippen LogP contribution in [0.1, 0.15) is 110 Å². The van der Waals surface area contributed by atoms with Crippen LogP contribution in [-0.2, 0) is 6.54 Å². The van der Waals surface area contributed by atoms with Gasteiger partial charge in [0.2, 0.25) is 0 Å². The Bertz CT molecular complexity index is 843. The van der Waals surface area contributed by atoms with Crippen LogP contribution in [0, 0.1) is 35.0 Å². The van der Waals surface area contributed by atoms with Crippen molar-refractivity contribution in [2.24, 2.45) is 23.2 Å². The molecule has 0 radical (unpaired) electrons. The van der Waals surface area contributed by atoms with Crippen molar-refractivity contribution in [2.45, 2.75) is 106 Å². The summed E-state index contributed by atoms with van der Waals surface area (Å²) in [7, 11) is 0. The summed E-state index contributed by atoms with van der Waals surface area (Å²) in [6.45, 7) is 15.4. The molecule has 0 bridgehead atoms. The maximum atomic E-state index is 3.47. The quantitative estimate of drug-likeness (QED) is 0.200. The van der Waals surface area contributed by atoms with Crippen LogP contribution in [0.5, 0.6) is 0 Å². The van der Waals surface area contributed by atoms with Gasteiger partial charge in [-0.1, -0.05) is 122 Å². The van der Waals surface area contributed by atoms with E-state index in [2.05, 4.69) is 113 Å². The van der Waals surface area contributed by atoms with Crippen LogP contribution < -0.4 is 5.32 Å². The zero-order valence-corrected chi connectivity index (χ0v) is 23.5. The molecular weight excluding hydrogens is 422 g/mol. The van der Waals surface area contributed by atoms with Gasteiger partial charge in [0.1, 0.15) is 0 Å². The zero-order valence-electron chi connectivity index (χ0n) is 23.5. The van der Waals surface area contributed by atoms with Crippen LogP contribution >= 0.6 is 0 Å². The minimum Gasteiger partial charge on any atom is -0.381 e. The summed E-state index contributed by atoms with van der Waals surface area (Å²) in [5, 5.41) is 3.47. The van der Waals surface area contributed by atoms with E-state index in [4.69, 9.17) is 0 Å². The molecule has 2 aromatic carbocycles. The zero-order chi connectivity index (χ0) is 25.5. The van der Waals surface area contributed by atoms with Gasteiger partial charge in [-0.2, -0.15) is 0 Å². The van der Waals surface area contributed by atoms with Crippen LogP contribution in [0.15, 0.2) is 54.6 Å². The molecule has 192 valence electrons. The van der Waals surface area contributed by atoms with Gasteiger partial charge < -0.3 is 5.32 Å². The number of nitrogens with one attached hydrogen (secondary N) is 1. The fraction of sp³-hybridized carbons (Fsp3) is 0.588. The molecule has 0 aliphatic carbocycles. The molecule has 0 saturated heterocycles. The molecule has 0 aliphatic rings. The van der Waals surface area contributed by atoms with E-state index in [0.29, 0.717) is 5.41 Å². The normalized spacial score (nSPS) is 11.7. The lowest BCUT2D eigenvalue weighted by Gasteiger charge is -2.45. The Kier molecular flexibility index (Phi) is 13.0. The third-order valence-electron chi connectivity index (χ3n) is 8.09. The van der Waals surface area contributed by atoms with E-state index < -0.39 is 0 Å². The molecule has 1 heteroatoms. The van der Waals surface area contributed by atoms with E-state index in [1.54, 1.807) is 0 Å². The lowest BCUT2D eigenvalue weighted by Crippen LogP contribution is -2.38. The molecule has 0 aliphatic heterocycles. The molecule has 2 rings (SSSR count). The maximum Gasteiger partial charge on any atom is 0.0400 e. The van der Waals surface area contributed by atoms with Crippen molar-refractivity contribution in [2.75, 3.05) is 5.32 Å². The monoisotopic (exact) mass is 473 g/mol. The van der Waals surface area contributed by atoms with Crippen LogP contribution in [0.2, 0.25) is 0 Å². The Hall–Kier alpha value is -2.20. The first-order chi connectivity index (χ1) is 16.9. The van der Waals surface area contributed by atoms with Gasteiger partial charge in [-0.25, -0.2) is 0 Å². The third kappa shape index (κ3) is 9.76. The van der Waals surface area contributed by atoms with Crippen molar-refractivity contribution >= 4 is 5.69 Å². The molecule has 0 amide bonds. The highest BCUT2D eigenvalue weighted by Crippen LogP contribution is 2.47. The first-order valence-corrected chi connectivity index (χ1v) is 14.2. The molecule has 0 heterocycles. The second-order valence-electron chi connectivity index (χ2n) is 11.3. The Morgan fingerprint density at radius 1 is 0.657 bits per heavy atom. The van der Waals surface area contributed by atoms with Crippen LogP contribution in [-0.4, -0.2) is 0 Å². The summed E-state index contributed by atoms with van der Waals surface area (Å²) in [6.07, 6.45) is 11.8. The first kappa shape index (κ1) is 29.0. The highest BCUT2D eigenvalue weighted by atomic mass is 14.9. The van der Waals surface area contributed by atoms with Crippen molar-refractivity contribution in [1.82, 2.24) is 0 Å². The fourth-order valence-corrected chi connectivity index (χ4v) is 6.03. The Morgan fingerprint density at radius 3 is 1.77 bits per heavy atom. The number of unbranched alkanes of at least 4 members (excludes halogenated alkanes) is 7. The van der Waals surface area contributed by atoms with Crippen molar-refractivity contribution in [3.8, 4) is 11.8 Å². The molecule has 35 heavy (non-hydrogen) atoms. The lowest BCUT2D eigenvalue weighted by molar-refractivity contribution is 0.0356. The van der Waals surface area contributed by atoms with Crippen molar-refractivity contribution in [1.29, 1.82) is 0 Å². The molecular formula is C34H51N. The van der Waals surface area contributed by atoms with E-state index in [1.165, 1.54) is 56.9 Å². The molecule has 0 atom stereocenters. The Morgan fingerprint density at radius 2 is 1.20 bits per heavy atom. The average Bonchev–Trinajstić information content (AvgIpc) is 2.84. The first-order valence-electron chi connectivity index (χ1n) is 14.2. The summed E-state index contributed by atoms with van der Waals surface area (Å²) in [5.74, 6) is 8.98. The largest absolute Gasteiger partial charge is 0.381 e. The molecule has 0 fully saturated rings. The van der Waals surface area contributed by atoms with Crippen molar-refractivity contribution in [3.05, 3.63) is 65.7 Å². The average molecular weight is 474 g/mol. The van der Waals surface area contributed by atoms with E-state index in [-0.39, 0.29) is 0 Å². The number of benzene rings is 2. The Labute approximate surface area is 217 Å². The van der Waals surface area contributed by atoms with Gasteiger partial charge in [-0.3, -0.25) is 0 Å². The standard InChI is InChI=1S/C34H51N/c1-28(2)34(29(3)4,30(5)6)26-18-13-11-9-7-8-10-12-15-19-31-22-24-33(25-23-31)35-27-32-20-16-14-17-21-32/h14,16-17,20-25,28-30,35H,7-13,18,26-27H2,1-6H3. The third-order valence-corrected chi connectivity index (χ3v) is 8.09. The molecule has 0 spiro atoms. The minimum atomic E-state index is 0.498. The summed E-state index contributed by atoms with van der Waals surface area (Å²) >= 11 is 0. The SMILES string of the molecule is CC(C)C(CCCCCCCCCC#Cc1ccc(NCc2ccccc2)cc1)(C(C)C)C(C)C. The summed E-state index contributed by atoms with van der Waals surface area (Å²) in [6, 6.07) is 19.0. The second-order valence-corrected chi connectivity index (χ2v) is 11.3. The van der Waals surface area contributed by atoms with Crippen LogP contribution in [0.3, 0.4) is 0 Å². The van der Waals surface area contributed by atoms with Crippen molar-refractivity contribution < 1.29 is 0 Å². The van der Waals surface area contributed by atoms with Gasteiger partial charge in [-0.05, 0) is 65.8 Å². The predicted octanol–water partition coefficient (Wildman–Crippen LogP) is 10.1. The van der Waals surface area contributed by atoms with E-state index in [9.17, 15) is 0 Å². The second kappa shape index (κ2) is 15.7. The smallest absolute Gasteiger partial charge is 0.0400 e. The van der Waals surface area contributed by atoms with Gasteiger partial charge in [-0.15, -0.1) is 0 Å². The predicted molar refractivity (Wildman–Crippen MR) is 156 cm³/mol. The number of rotatable bonds is 15. The van der Waals surface area contributed by atoms with Gasteiger partial charge in [0.05, 0.1) is 0 Å². The minimum absolute atomic E-state index is 0.498. The molecule has 0 aromatic heterocycles. The molecule has 1 N–H and O–H groups in total. The van der Waals surface area contributed by atoms with Crippen molar-refractivity contribution in [3.63, 3.8) is 0 Å². The highest BCUT2D eigenvalue weighted by molar-refractivity contribution is 5.48. The number of hydrogen-bond donors (Lipinski definition) is 1. The Balaban J connectivity index is 1.55. The van der Waals surface area contributed by atoms with Gasteiger partial charge in [0, 0.05) is 24.2 Å². The van der Waals surface area contributed by atoms with Gasteiger partial charge in [0.15, 0.2) is 0 Å². The summed E-state index contributed by atoms with van der Waals surface area (Å²) < 4.78 is 0. The highest BCUT2D eigenvalue weighted by Gasteiger charge is 2.39. The van der Waals surface area contributed by atoms with Gasteiger partial charge >= 0.3 is 0 Å². The van der Waals surface area contributed by atoms with E-state index in [1.807, 2.05) is 0 Å². The lowest BCUT2D eigenvalue weighted by atomic mass is 9.60. The van der Waals surface area contributed by atoms with E-state index >= 15 is 0 Å². The molecule has 0 unspecified atom stereocenters. The number of hydrogen-bond acceptors (Lipinski definition) is 1.